The lowest BCUT2D eigenvalue weighted by atomic mass is 10.1. The minimum absolute atomic E-state index is 0.0923. The molecule has 60 heavy (non-hydrogen) atoms. The van der Waals surface area contributed by atoms with E-state index in [1.165, 1.54) is 26.4 Å². The minimum Gasteiger partial charge on any atom is -0.494 e. The Morgan fingerprint density at radius 2 is 1.02 bits per heavy atom. The van der Waals surface area contributed by atoms with E-state index in [4.69, 9.17) is 9.47 Å². The summed E-state index contributed by atoms with van der Waals surface area (Å²) in [6, 6.07) is 13.4. The fourth-order valence-electron chi connectivity index (χ4n) is 6.09. The molecule has 4 amide bonds. The van der Waals surface area contributed by atoms with Crippen LogP contribution in [0, 0.1) is 11.8 Å². The largest absolute Gasteiger partial charge is 0.494 e. The van der Waals surface area contributed by atoms with Crippen molar-refractivity contribution < 1.29 is 28.7 Å². The SMILES string of the molecule is COc1c(Nc2cc(NC(=O)C3CC3)nnc2C(=O)NNC(=O)c2nnc(NC(=O)C3CC3)cc2Nc2cccc(-c3ncn(C)n3)c2OC)cccc1-c1ncn(C)n1. The third-order valence-electron chi connectivity index (χ3n) is 9.36. The van der Waals surface area contributed by atoms with E-state index in [1.54, 1.807) is 72.5 Å². The van der Waals surface area contributed by atoms with Gasteiger partial charge in [-0.15, -0.1) is 20.4 Å². The van der Waals surface area contributed by atoms with E-state index >= 15 is 0 Å². The van der Waals surface area contributed by atoms with Crippen molar-refractivity contribution in [2.45, 2.75) is 25.7 Å². The van der Waals surface area contributed by atoms with Gasteiger partial charge in [-0.2, -0.15) is 10.2 Å². The quantitative estimate of drug-likeness (QED) is 0.0862. The summed E-state index contributed by atoms with van der Waals surface area (Å²) in [4.78, 5) is 61.6. The summed E-state index contributed by atoms with van der Waals surface area (Å²) in [6.07, 6.45) is 6.15. The van der Waals surface area contributed by atoms with Gasteiger partial charge in [0.2, 0.25) is 11.8 Å². The minimum atomic E-state index is -0.882. The molecule has 22 nitrogen and oxygen atoms in total. The number of nitrogens with zero attached hydrogens (tertiary/aromatic N) is 10. The highest BCUT2D eigenvalue weighted by Gasteiger charge is 2.32. The molecule has 4 heterocycles. The van der Waals surface area contributed by atoms with Crippen LogP contribution in [0.25, 0.3) is 22.8 Å². The Hall–Kier alpha value is -8.04. The molecule has 2 fully saturated rings. The van der Waals surface area contributed by atoms with E-state index in [0.29, 0.717) is 45.6 Å². The summed E-state index contributed by atoms with van der Waals surface area (Å²) >= 11 is 0. The highest BCUT2D eigenvalue weighted by molar-refractivity contribution is 6.04. The maximum Gasteiger partial charge on any atom is 0.292 e. The zero-order valence-electron chi connectivity index (χ0n) is 32.7. The summed E-state index contributed by atoms with van der Waals surface area (Å²) in [7, 11) is 6.43. The first-order valence-corrected chi connectivity index (χ1v) is 18.7. The first-order chi connectivity index (χ1) is 29.1. The van der Waals surface area contributed by atoms with Crippen molar-refractivity contribution in [3.8, 4) is 34.3 Å². The third kappa shape index (κ3) is 8.46. The number of anilines is 6. The number of para-hydroxylation sites is 2. The van der Waals surface area contributed by atoms with Gasteiger partial charge >= 0.3 is 0 Å². The van der Waals surface area contributed by atoms with E-state index in [1.807, 2.05) is 0 Å². The van der Waals surface area contributed by atoms with Crippen LogP contribution in [0.3, 0.4) is 0 Å². The van der Waals surface area contributed by atoms with E-state index in [2.05, 4.69) is 72.7 Å². The van der Waals surface area contributed by atoms with Gasteiger partial charge in [0.1, 0.15) is 12.7 Å². The van der Waals surface area contributed by atoms with Crippen molar-refractivity contribution in [3.05, 3.63) is 72.6 Å². The number of rotatable bonds is 14. The van der Waals surface area contributed by atoms with Crippen molar-refractivity contribution in [1.29, 1.82) is 0 Å². The van der Waals surface area contributed by atoms with Crippen molar-refractivity contribution in [2.24, 2.45) is 25.9 Å². The summed E-state index contributed by atoms with van der Waals surface area (Å²) < 4.78 is 14.6. The van der Waals surface area contributed by atoms with Crippen LogP contribution in [0.1, 0.15) is 46.7 Å². The van der Waals surface area contributed by atoms with Gasteiger partial charge < -0.3 is 30.7 Å². The molecule has 0 radical (unpaired) electrons. The van der Waals surface area contributed by atoms with Crippen molar-refractivity contribution in [2.75, 3.05) is 35.5 Å². The number of hydrogen-bond donors (Lipinski definition) is 6. The molecule has 0 saturated heterocycles. The zero-order valence-corrected chi connectivity index (χ0v) is 32.7. The summed E-state index contributed by atoms with van der Waals surface area (Å²) in [5.74, 6) is -0.758. The van der Waals surface area contributed by atoms with Gasteiger partial charge in [-0.25, -0.2) is 9.97 Å². The number of hydrogen-bond acceptors (Lipinski definition) is 16. The summed E-state index contributed by atoms with van der Waals surface area (Å²) in [5, 5.41) is 36.9. The van der Waals surface area contributed by atoms with E-state index < -0.39 is 11.8 Å². The summed E-state index contributed by atoms with van der Waals surface area (Å²) in [6.45, 7) is 0. The van der Waals surface area contributed by atoms with Crippen LogP contribution in [-0.2, 0) is 23.7 Å². The Morgan fingerprint density at radius 3 is 1.37 bits per heavy atom. The third-order valence-corrected chi connectivity index (χ3v) is 9.36. The van der Waals surface area contributed by atoms with Gasteiger partial charge in [-0.05, 0) is 49.9 Å². The van der Waals surface area contributed by atoms with Crippen LogP contribution in [0.15, 0.2) is 61.2 Å². The van der Waals surface area contributed by atoms with Crippen LogP contribution in [0.4, 0.5) is 34.4 Å². The summed E-state index contributed by atoms with van der Waals surface area (Å²) in [5.41, 5.74) is 6.39. The highest BCUT2D eigenvalue weighted by atomic mass is 16.5. The Labute approximate surface area is 340 Å². The Balaban J connectivity index is 1.07. The van der Waals surface area contributed by atoms with E-state index in [-0.39, 0.29) is 58.0 Å². The number of carbonyl (C=O) groups is 4. The van der Waals surface area contributed by atoms with Crippen LogP contribution in [0.2, 0.25) is 0 Å². The molecule has 0 bridgehead atoms. The Morgan fingerprint density at radius 1 is 0.600 bits per heavy atom. The number of aromatic nitrogens is 10. The lowest BCUT2D eigenvalue weighted by Crippen LogP contribution is -2.43. The van der Waals surface area contributed by atoms with E-state index in [9.17, 15) is 19.2 Å². The number of hydrazine groups is 1. The van der Waals surface area contributed by atoms with Crippen LogP contribution < -0.4 is 41.6 Å². The normalized spacial score (nSPS) is 13.2. The molecule has 306 valence electrons. The number of amides is 4. The van der Waals surface area contributed by atoms with Gasteiger partial charge in [0.25, 0.3) is 11.8 Å². The predicted octanol–water partition coefficient (Wildman–Crippen LogP) is 3.13. The standard InChI is InChI=1S/C38H38N16O6/c1-53-17-39-33(51-53)21-7-5-9-23(31(21)59-3)41-25-15-27(43-35(55)19-11-12-19)45-47-29(25)37(57)49-50-38(58)30-26(16-28(46-48-30)44-36(56)20-13-14-20)42-24-10-6-8-22(32(24)60-4)34-40-18-54(2)52-34/h5-10,15-20H,11-14H2,1-4H3,(H,49,57)(H,50,58)(H2,41,43,45,55)(H2,42,44,46,56). The van der Waals surface area contributed by atoms with Crippen molar-refractivity contribution >= 4 is 58.0 Å². The van der Waals surface area contributed by atoms with Crippen molar-refractivity contribution in [3.63, 3.8) is 0 Å². The monoisotopic (exact) mass is 814 g/mol. The lowest BCUT2D eigenvalue weighted by molar-refractivity contribution is -0.118. The molecule has 6 aromatic rings. The molecule has 0 unspecified atom stereocenters. The topological polar surface area (TPSA) is 272 Å². The maximum atomic E-state index is 13.8. The molecule has 0 aliphatic heterocycles. The second-order valence-corrected chi connectivity index (χ2v) is 13.9. The smallest absolute Gasteiger partial charge is 0.292 e. The van der Waals surface area contributed by atoms with Gasteiger partial charge in [0.05, 0.1) is 48.1 Å². The first kappa shape index (κ1) is 38.8. The zero-order chi connectivity index (χ0) is 41.9. The van der Waals surface area contributed by atoms with E-state index in [0.717, 1.165) is 25.7 Å². The van der Waals surface area contributed by atoms with Crippen LogP contribution in [-0.4, -0.2) is 87.8 Å². The fourth-order valence-corrected chi connectivity index (χ4v) is 6.09. The van der Waals surface area contributed by atoms with Gasteiger partial charge in [0.15, 0.2) is 46.2 Å². The lowest BCUT2D eigenvalue weighted by Gasteiger charge is -2.17. The van der Waals surface area contributed by atoms with Gasteiger partial charge in [-0.1, -0.05) is 12.1 Å². The molecule has 22 heteroatoms. The molecule has 8 rings (SSSR count). The molecule has 0 atom stereocenters. The number of aryl methyl sites for hydroxylation is 2. The Bertz CT molecular complexity index is 2460. The fraction of sp³-hybridized carbons (Fsp3) is 0.263. The molecular weight excluding hydrogens is 777 g/mol. The Kier molecular flexibility index (Phi) is 10.6. The number of benzene rings is 2. The second kappa shape index (κ2) is 16.4. The van der Waals surface area contributed by atoms with Crippen LogP contribution >= 0.6 is 0 Å². The average molecular weight is 815 g/mol. The molecule has 2 aliphatic carbocycles. The number of nitrogens with one attached hydrogen (secondary N) is 6. The molecular formula is C38H38N16O6. The molecule has 2 aromatic carbocycles. The molecule has 2 saturated carbocycles. The number of carbonyl (C=O) groups excluding carboxylic acids is 4. The second-order valence-electron chi connectivity index (χ2n) is 13.9. The maximum absolute atomic E-state index is 13.8. The van der Waals surface area contributed by atoms with Gasteiger partial charge in [-0.3, -0.25) is 39.4 Å². The van der Waals surface area contributed by atoms with Crippen molar-refractivity contribution in [1.82, 2.24) is 60.8 Å². The highest BCUT2D eigenvalue weighted by Crippen LogP contribution is 2.39. The average Bonchev–Trinajstić information content (AvgIpc) is 4.19. The molecule has 4 aromatic heterocycles. The van der Waals surface area contributed by atoms with Crippen LogP contribution in [0.5, 0.6) is 11.5 Å². The predicted molar refractivity (Wildman–Crippen MR) is 214 cm³/mol. The molecule has 2 aliphatic rings. The number of methoxy groups -OCH3 is 2. The molecule has 0 spiro atoms. The number of ether oxygens (including phenoxy) is 2. The molecule has 6 N–H and O–H groups in total. The van der Waals surface area contributed by atoms with Gasteiger partial charge in [0, 0.05) is 38.1 Å². The first-order valence-electron chi connectivity index (χ1n) is 18.7.